The van der Waals surface area contributed by atoms with Crippen LogP contribution in [0.15, 0.2) is 12.1 Å². The Morgan fingerprint density at radius 3 is 2.63 bits per heavy atom. The van der Waals surface area contributed by atoms with E-state index in [0.29, 0.717) is 0 Å². The van der Waals surface area contributed by atoms with E-state index in [9.17, 15) is 13.6 Å². The Bertz CT molecular complexity index is 509. The summed E-state index contributed by atoms with van der Waals surface area (Å²) in [7, 11) is 1.31. The first-order valence-electron chi connectivity index (χ1n) is 5.58. The van der Waals surface area contributed by atoms with E-state index in [4.69, 9.17) is 14.7 Å². The number of hydrogen-bond acceptors (Lipinski definition) is 4. The van der Waals surface area contributed by atoms with Gasteiger partial charge in [-0.3, -0.25) is 4.79 Å². The van der Waals surface area contributed by atoms with Crippen molar-refractivity contribution in [2.24, 2.45) is 0 Å². The SMILES string of the molecule is CCOC(=O)Cc1cc(C(F)F)cc(C#N)c1OC. The molecule has 4 nitrogen and oxygen atoms in total. The summed E-state index contributed by atoms with van der Waals surface area (Å²) in [5, 5.41) is 8.93. The third kappa shape index (κ3) is 3.65. The second kappa shape index (κ2) is 6.69. The maximum atomic E-state index is 12.7. The molecule has 0 aliphatic carbocycles. The van der Waals surface area contributed by atoms with E-state index in [1.807, 2.05) is 0 Å². The van der Waals surface area contributed by atoms with Gasteiger partial charge in [-0.1, -0.05) is 0 Å². The first-order valence-corrected chi connectivity index (χ1v) is 5.58. The maximum Gasteiger partial charge on any atom is 0.310 e. The summed E-state index contributed by atoms with van der Waals surface area (Å²) in [4.78, 5) is 11.4. The van der Waals surface area contributed by atoms with Crippen LogP contribution in [0.25, 0.3) is 0 Å². The van der Waals surface area contributed by atoms with Gasteiger partial charge >= 0.3 is 5.97 Å². The Morgan fingerprint density at radius 1 is 1.47 bits per heavy atom. The van der Waals surface area contributed by atoms with Gasteiger partial charge in [-0.15, -0.1) is 0 Å². The van der Waals surface area contributed by atoms with Crippen molar-refractivity contribution in [2.75, 3.05) is 13.7 Å². The van der Waals surface area contributed by atoms with Crippen LogP contribution in [0.4, 0.5) is 8.78 Å². The lowest BCUT2D eigenvalue weighted by atomic mass is 10.0. The van der Waals surface area contributed by atoms with Crippen LogP contribution in [0, 0.1) is 11.3 Å². The summed E-state index contributed by atoms with van der Waals surface area (Å²) in [5.41, 5.74) is -0.133. The van der Waals surface area contributed by atoms with Crippen molar-refractivity contribution in [1.82, 2.24) is 0 Å². The zero-order chi connectivity index (χ0) is 14.4. The van der Waals surface area contributed by atoms with Crippen molar-refractivity contribution >= 4 is 5.97 Å². The fourth-order valence-corrected chi connectivity index (χ4v) is 1.66. The van der Waals surface area contributed by atoms with Crippen molar-refractivity contribution in [2.45, 2.75) is 19.8 Å². The van der Waals surface area contributed by atoms with Crippen molar-refractivity contribution < 1.29 is 23.0 Å². The molecule has 0 bridgehead atoms. The topological polar surface area (TPSA) is 59.3 Å². The van der Waals surface area contributed by atoms with Crippen LogP contribution in [0.3, 0.4) is 0 Å². The molecule has 0 amide bonds. The molecule has 0 atom stereocenters. The van der Waals surface area contributed by atoms with Crippen molar-refractivity contribution in [3.05, 3.63) is 28.8 Å². The lowest BCUT2D eigenvalue weighted by Crippen LogP contribution is -2.09. The zero-order valence-corrected chi connectivity index (χ0v) is 10.6. The van der Waals surface area contributed by atoms with E-state index in [1.165, 1.54) is 7.11 Å². The molecular weight excluding hydrogens is 256 g/mol. The molecule has 0 radical (unpaired) electrons. The fraction of sp³-hybridized carbons (Fsp3) is 0.385. The highest BCUT2D eigenvalue weighted by atomic mass is 19.3. The van der Waals surface area contributed by atoms with Gasteiger partial charge in [0.25, 0.3) is 6.43 Å². The standard InChI is InChI=1S/C13H13F2NO3/c1-3-19-11(17)6-8-4-9(13(14)15)5-10(7-16)12(8)18-2/h4-5,13H,3,6H2,1-2H3. The molecule has 0 saturated heterocycles. The number of esters is 1. The van der Waals surface area contributed by atoms with E-state index in [1.54, 1.807) is 13.0 Å². The number of carbonyl (C=O) groups excluding carboxylic acids is 1. The Balaban J connectivity index is 3.23. The van der Waals surface area contributed by atoms with E-state index >= 15 is 0 Å². The quantitative estimate of drug-likeness (QED) is 0.771. The molecule has 0 saturated carbocycles. The van der Waals surface area contributed by atoms with Gasteiger partial charge in [0.05, 0.1) is 25.7 Å². The molecule has 0 aromatic heterocycles. The number of benzene rings is 1. The second-order valence-corrected chi connectivity index (χ2v) is 3.66. The van der Waals surface area contributed by atoms with Gasteiger partial charge in [0, 0.05) is 11.1 Å². The van der Waals surface area contributed by atoms with Crippen LogP contribution in [0.5, 0.6) is 5.75 Å². The van der Waals surface area contributed by atoms with Crippen molar-refractivity contribution in [1.29, 1.82) is 5.26 Å². The van der Waals surface area contributed by atoms with Gasteiger partial charge in [-0.2, -0.15) is 5.26 Å². The van der Waals surface area contributed by atoms with Gasteiger partial charge < -0.3 is 9.47 Å². The molecule has 0 unspecified atom stereocenters. The van der Waals surface area contributed by atoms with Crippen LogP contribution in [0.1, 0.15) is 30.0 Å². The van der Waals surface area contributed by atoms with E-state index < -0.39 is 12.4 Å². The largest absolute Gasteiger partial charge is 0.495 e. The smallest absolute Gasteiger partial charge is 0.310 e. The Morgan fingerprint density at radius 2 is 2.16 bits per heavy atom. The molecule has 0 heterocycles. The lowest BCUT2D eigenvalue weighted by molar-refractivity contribution is -0.142. The first kappa shape index (κ1) is 14.9. The minimum atomic E-state index is -2.72. The maximum absolute atomic E-state index is 12.7. The number of rotatable bonds is 5. The van der Waals surface area contributed by atoms with Gasteiger partial charge in [0.2, 0.25) is 0 Å². The summed E-state index contributed by atoms with van der Waals surface area (Å²) in [6.45, 7) is 1.84. The first-order chi connectivity index (χ1) is 9.03. The van der Waals surface area contributed by atoms with Gasteiger partial charge in [-0.05, 0) is 19.1 Å². The van der Waals surface area contributed by atoms with Crippen molar-refractivity contribution in [3.8, 4) is 11.8 Å². The van der Waals surface area contributed by atoms with Crippen LogP contribution in [-0.2, 0) is 16.0 Å². The number of carbonyl (C=O) groups is 1. The van der Waals surface area contributed by atoms with E-state index in [2.05, 4.69) is 0 Å². The predicted molar refractivity (Wildman–Crippen MR) is 63.0 cm³/mol. The average Bonchev–Trinajstić information content (AvgIpc) is 2.37. The van der Waals surface area contributed by atoms with Crippen molar-refractivity contribution in [3.63, 3.8) is 0 Å². The Kier molecular flexibility index (Phi) is 5.24. The summed E-state index contributed by atoms with van der Waals surface area (Å²) in [6.07, 6.45) is -2.94. The molecule has 1 aromatic rings. The van der Waals surface area contributed by atoms with E-state index in [-0.39, 0.29) is 35.5 Å². The molecule has 1 aromatic carbocycles. The minimum absolute atomic E-state index is 0.0281. The highest BCUT2D eigenvalue weighted by Crippen LogP contribution is 2.30. The van der Waals surface area contributed by atoms with Crippen LogP contribution < -0.4 is 4.74 Å². The number of halogens is 2. The summed E-state index contributed by atoms with van der Waals surface area (Å²) in [6, 6.07) is 3.98. The zero-order valence-electron chi connectivity index (χ0n) is 10.6. The predicted octanol–water partition coefficient (Wildman–Crippen LogP) is 2.61. The molecule has 0 fully saturated rings. The highest BCUT2D eigenvalue weighted by molar-refractivity contribution is 5.74. The van der Waals surface area contributed by atoms with Crippen LogP contribution >= 0.6 is 0 Å². The number of nitriles is 1. The number of alkyl halides is 2. The fourth-order valence-electron chi connectivity index (χ4n) is 1.66. The number of hydrogen-bond donors (Lipinski definition) is 0. The average molecular weight is 269 g/mol. The lowest BCUT2D eigenvalue weighted by Gasteiger charge is -2.12. The van der Waals surface area contributed by atoms with Gasteiger partial charge in [0.1, 0.15) is 11.8 Å². The second-order valence-electron chi connectivity index (χ2n) is 3.66. The molecule has 6 heteroatoms. The minimum Gasteiger partial charge on any atom is -0.495 e. The number of methoxy groups -OCH3 is 1. The van der Waals surface area contributed by atoms with Crippen LogP contribution in [0.2, 0.25) is 0 Å². The van der Waals surface area contributed by atoms with Gasteiger partial charge in [0.15, 0.2) is 0 Å². The molecular formula is C13H13F2NO3. The molecule has 0 aliphatic rings. The molecule has 0 spiro atoms. The summed E-state index contributed by atoms with van der Waals surface area (Å²) >= 11 is 0. The van der Waals surface area contributed by atoms with Crippen LogP contribution in [-0.4, -0.2) is 19.7 Å². The Labute approximate surface area is 109 Å². The molecule has 0 aliphatic heterocycles. The number of ether oxygens (including phenoxy) is 2. The summed E-state index contributed by atoms with van der Waals surface area (Å²) in [5.74, 6) is -0.434. The monoisotopic (exact) mass is 269 g/mol. The molecule has 1 rings (SSSR count). The number of nitrogens with zero attached hydrogens (tertiary/aromatic N) is 1. The van der Waals surface area contributed by atoms with E-state index in [0.717, 1.165) is 12.1 Å². The Hall–Kier alpha value is -2.16. The molecule has 19 heavy (non-hydrogen) atoms. The third-order valence-corrected chi connectivity index (χ3v) is 2.40. The molecule has 102 valence electrons. The third-order valence-electron chi connectivity index (χ3n) is 2.40. The summed E-state index contributed by atoms with van der Waals surface area (Å²) < 4.78 is 35.2. The molecule has 0 N–H and O–H groups in total. The van der Waals surface area contributed by atoms with Gasteiger partial charge in [-0.25, -0.2) is 8.78 Å². The highest BCUT2D eigenvalue weighted by Gasteiger charge is 2.18. The normalized spacial score (nSPS) is 10.1.